The van der Waals surface area contributed by atoms with Crippen molar-refractivity contribution in [2.75, 3.05) is 19.2 Å². The van der Waals surface area contributed by atoms with Gasteiger partial charge >= 0.3 is 0 Å². The van der Waals surface area contributed by atoms with Crippen molar-refractivity contribution in [3.05, 3.63) is 71.8 Å². The molecular formula is C19H19Cl2N3O3. The number of methoxy groups -OCH3 is 2. The molecular weight excluding hydrogens is 389 g/mol. The molecule has 0 atom stereocenters. The number of anilines is 1. The lowest BCUT2D eigenvalue weighted by molar-refractivity contribution is -0.118. The van der Waals surface area contributed by atoms with E-state index in [0.29, 0.717) is 22.3 Å². The van der Waals surface area contributed by atoms with Gasteiger partial charge in [0.2, 0.25) is 0 Å². The predicted octanol–water partition coefficient (Wildman–Crippen LogP) is 4.01. The van der Waals surface area contributed by atoms with Gasteiger partial charge in [0.15, 0.2) is 11.5 Å². The molecule has 8 heteroatoms. The third-order valence-electron chi connectivity index (χ3n) is 3.84. The molecule has 27 heavy (non-hydrogen) atoms. The first-order valence-corrected chi connectivity index (χ1v) is 8.29. The maximum absolute atomic E-state index is 13.1. The van der Waals surface area contributed by atoms with Gasteiger partial charge in [-0.1, -0.05) is 17.7 Å². The van der Waals surface area contributed by atoms with E-state index in [1.807, 2.05) is 6.07 Å². The fourth-order valence-corrected chi connectivity index (χ4v) is 2.83. The lowest BCUT2D eigenvalue weighted by atomic mass is 10.1. The van der Waals surface area contributed by atoms with Crippen LogP contribution in [0.1, 0.15) is 5.56 Å². The highest BCUT2D eigenvalue weighted by molar-refractivity contribution is 6.30. The zero-order valence-corrected chi connectivity index (χ0v) is 16.4. The van der Waals surface area contributed by atoms with Crippen LogP contribution < -0.4 is 14.5 Å². The van der Waals surface area contributed by atoms with Gasteiger partial charge in [0, 0.05) is 18.6 Å². The van der Waals surface area contributed by atoms with Gasteiger partial charge in [-0.2, -0.15) is 0 Å². The summed E-state index contributed by atoms with van der Waals surface area (Å²) < 4.78 is 12.1. The van der Waals surface area contributed by atoms with Crippen LogP contribution >= 0.6 is 24.0 Å². The second kappa shape index (κ2) is 9.30. The van der Waals surface area contributed by atoms with Crippen molar-refractivity contribution in [1.29, 1.82) is 0 Å². The van der Waals surface area contributed by atoms with Crippen molar-refractivity contribution in [3.8, 4) is 11.5 Å². The van der Waals surface area contributed by atoms with E-state index in [1.54, 1.807) is 73.9 Å². The second-order valence-corrected chi connectivity index (χ2v) is 5.84. The average molecular weight is 408 g/mol. The molecule has 6 nitrogen and oxygen atoms in total. The number of nitrogens with zero attached hydrogens (tertiary/aromatic N) is 3. The zero-order chi connectivity index (χ0) is 18.5. The number of ether oxygens (including phenoxy) is 2. The summed E-state index contributed by atoms with van der Waals surface area (Å²) in [5, 5.41) is 1.95. The highest BCUT2D eigenvalue weighted by Gasteiger charge is 2.20. The molecule has 0 radical (unpaired) electrons. The molecule has 0 spiro atoms. The monoisotopic (exact) mass is 407 g/mol. The molecule has 0 aliphatic carbocycles. The average Bonchev–Trinajstić information content (AvgIpc) is 3.08. The highest BCUT2D eigenvalue weighted by Crippen LogP contribution is 2.28. The Morgan fingerprint density at radius 1 is 1.11 bits per heavy atom. The van der Waals surface area contributed by atoms with Crippen molar-refractivity contribution < 1.29 is 14.3 Å². The molecule has 2 aromatic heterocycles. The Hall–Kier alpha value is -2.70. The SMILES string of the molecule is COc1ccc(CC(=O)N(c2ccncc2)n2cccc2Cl)cc1OC.Cl. The summed E-state index contributed by atoms with van der Waals surface area (Å²) in [7, 11) is 3.13. The molecule has 2 heterocycles. The van der Waals surface area contributed by atoms with Crippen LogP contribution in [0.2, 0.25) is 5.15 Å². The Balaban J connectivity index is 0.00000261. The first-order valence-electron chi connectivity index (χ1n) is 7.91. The molecule has 0 unspecified atom stereocenters. The van der Waals surface area contributed by atoms with Gasteiger partial charge in [0.1, 0.15) is 5.15 Å². The molecule has 0 saturated carbocycles. The van der Waals surface area contributed by atoms with E-state index >= 15 is 0 Å². The molecule has 3 rings (SSSR count). The molecule has 0 bridgehead atoms. The number of hydrogen-bond donors (Lipinski definition) is 0. The van der Waals surface area contributed by atoms with Gasteiger partial charge in [0.05, 0.1) is 26.3 Å². The minimum absolute atomic E-state index is 0. The second-order valence-electron chi connectivity index (χ2n) is 5.45. The smallest absolute Gasteiger partial charge is 0.250 e. The fraction of sp³-hybridized carbons (Fsp3) is 0.158. The van der Waals surface area contributed by atoms with E-state index < -0.39 is 0 Å². The van der Waals surface area contributed by atoms with Gasteiger partial charge in [0.25, 0.3) is 5.91 Å². The van der Waals surface area contributed by atoms with Crippen LogP contribution in [0.5, 0.6) is 11.5 Å². The van der Waals surface area contributed by atoms with Crippen LogP contribution in [-0.4, -0.2) is 29.8 Å². The largest absolute Gasteiger partial charge is 0.493 e. The summed E-state index contributed by atoms with van der Waals surface area (Å²) in [4.78, 5) is 17.1. The van der Waals surface area contributed by atoms with E-state index in [-0.39, 0.29) is 24.7 Å². The minimum Gasteiger partial charge on any atom is -0.493 e. The lowest BCUT2D eigenvalue weighted by Crippen LogP contribution is -2.36. The Bertz CT molecular complexity index is 900. The summed E-state index contributed by atoms with van der Waals surface area (Å²) in [6.07, 6.45) is 5.15. The number of hydrogen-bond acceptors (Lipinski definition) is 4. The van der Waals surface area contributed by atoms with Crippen LogP contribution in [0.4, 0.5) is 5.69 Å². The fourth-order valence-electron chi connectivity index (χ4n) is 2.63. The van der Waals surface area contributed by atoms with E-state index in [0.717, 1.165) is 5.56 Å². The Morgan fingerprint density at radius 3 is 2.41 bits per heavy atom. The van der Waals surface area contributed by atoms with Crippen molar-refractivity contribution in [3.63, 3.8) is 0 Å². The summed E-state index contributed by atoms with van der Waals surface area (Å²) in [6.45, 7) is 0. The number of pyridine rings is 1. The summed E-state index contributed by atoms with van der Waals surface area (Å²) in [5.74, 6) is 1.04. The van der Waals surface area contributed by atoms with Crippen molar-refractivity contribution >= 4 is 35.6 Å². The molecule has 0 saturated heterocycles. The van der Waals surface area contributed by atoms with Crippen molar-refractivity contribution in [2.45, 2.75) is 6.42 Å². The quantitative estimate of drug-likeness (QED) is 0.619. The highest BCUT2D eigenvalue weighted by atomic mass is 35.5. The maximum Gasteiger partial charge on any atom is 0.250 e. The number of halogens is 2. The molecule has 3 aromatic rings. The predicted molar refractivity (Wildman–Crippen MR) is 107 cm³/mol. The van der Waals surface area contributed by atoms with Crippen molar-refractivity contribution in [1.82, 2.24) is 9.66 Å². The minimum atomic E-state index is -0.151. The van der Waals surface area contributed by atoms with Gasteiger partial charge in [-0.3, -0.25) is 9.78 Å². The van der Waals surface area contributed by atoms with E-state index in [9.17, 15) is 4.79 Å². The molecule has 0 aliphatic rings. The third kappa shape index (κ3) is 4.53. The van der Waals surface area contributed by atoms with E-state index in [2.05, 4.69) is 4.98 Å². The maximum atomic E-state index is 13.1. The van der Waals surface area contributed by atoms with E-state index in [1.165, 1.54) is 5.01 Å². The van der Waals surface area contributed by atoms with Gasteiger partial charge < -0.3 is 9.47 Å². The van der Waals surface area contributed by atoms with Crippen LogP contribution in [-0.2, 0) is 11.2 Å². The van der Waals surface area contributed by atoms with Gasteiger partial charge in [-0.05, 0) is 42.0 Å². The van der Waals surface area contributed by atoms with Crippen LogP contribution in [0, 0.1) is 0 Å². The summed E-state index contributed by atoms with van der Waals surface area (Å²) >= 11 is 6.24. The number of amides is 1. The Morgan fingerprint density at radius 2 is 1.81 bits per heavy atom. The van der Waals surface area contributed by atoms with Crippen LogP contribution in [0.25, 0.3) is 0 Å². The molecule has 0 N–H and O–H groups in total. The number of carbonyl (C=O) groups excluding carboxylic acids is 1. The molecule has 1 aromatic carbocycles. The summed E-state index contributed by atoms with van der Waals surface area (Å²) in [5.41, 5.74) is 1.47. The topological polar surface area (TPSA) is 56.6 Å². The van der Waals surface area contributed by atoms with E-state index in [4.69, 9.17) is 21.1 Å². The van der Waals surface area contributed by atoms with Gasteiger partial charge in [-0.15, -0.1) is 12.4 Å². The van der Waals surface area contributed by atoms with Gasteiger partial charge in [-0.25, -0.2) is 9.69 Å². The van der Waals surface area contributed by atoms with Crippen LogP contribution in [0.3, 0.4) is 0 Å². The Kier molecular flexibility index (Phi) is 7.10. The lowest BCUT2D eigenvalue weighted by Gasteiger charge is -2.25. The molecule has 1 amide bonds. The standard InChI is InChI=1S/C19H18ClN3O3.ClH/c1-25-16-6-5-14(12-17(16)26-2)13-19(24)23(15-7-9-21-10-8-15)22-11-3-4-18(22)20;/h3-12H,13H2,1-2H3;1H. The first-order chi connectivity index (χ1) is 12.6. The molecule has 142 valence electrons. The van der Waals surface area contributed by atoms with Crippen LogP contribution in [0.15, 0.2) is 61.1 Å². The Labute approximate surface area is 168 Å². The molecule has 0 aliphatic heterocycles. The van der Waals surface area contributed by atoms with Crippen molar-refractivity contribution in [2.24, 2.45) is 0 Å². The number of carbonyl (C=O) groups is 1. The number of benzene rings is 1. The third-order valence-corrected chi connectivity index (χ3v) is 4.14. The molecule has 0 fully saturated rings. The zero-order valence-electron chi connectivity index (χ0n) is 14.8. The number of rotatable bonds is 6. The number of aromatic nitrogens is 2. The summed E-state index contributed by atoms with van der Waals surface area (Å²) in [6, 6.07) is 12.4. The first kappa shape index (κ1) is 20.6. The normalized spacial score (nSPS) is 10.0.